The number of nitrogens with one attached hydrogen (secondary N) is 1. The fourth-order valence-electron chi connectivity index (χ4n) is 2.73. The van der Waals surface area contributed by atoms with Gasteiger partial charge < -0.3 is 10.1 Å². The largest absolute Gasteiger partial charge is 0.494 e. The molecule has 130 valence electrons. The molecule has 0 aromatic heterocycles. The van der Waals surface area contributed by atoms with Crippen LogP contribution in [0, 0.1) is 0 Å². The first kappa shape index (κ1) is 18.5. The van der Waals surface area contributed by atoms with Crippen molar-refractivity contribution in [1.82, 2.24) is 5.32 Å². The third-order valence-corrected chi connectivity index (χ3v) is 4.35. The first-order chi connectivity index (χ1) is 11.8. The van der Waals surface area contributed by atoms with E-state index in [0.717, 1.165) is 25.3 Å². The van der Waals surface area contributed by atoms with Crippen LogP contribution in [-0.2, 0) is 6.54 Å². The molecule has 0 aliphatic heterocycles. The van der Waals surface area contributed by atoms with Crippen molar-refractivity contribution in [2.24, 2.45) is 0 Å². The molecule has 0 aliphatic rings. The van der Waals surface area contributed by atoms with Crippen LogP contribution in [0.3, 0.4) is 0 Å². The van der Waals surface area contributed by atoms with Gasteiger partial charge in [0.1, 0.15) is 5.75 Å². The van der Waals surface area contributed by atoms with Crippen molar-refractivity contribution in [2.75, 3.05) is 6.61 Å². The molecule has 2 heteroatoms. The van der Waals surface area contributed by atoms with Gasteiger partial charge in [-0.2, -0.15) is 0 Å². The molecule has 0 fully saturated rings. The van der Waals surface area contributed by atoms with Crippen LogP contribution in [-0.4, -0.2) is 6.61 Å². The van der Waals surface area contributed by atoms with Crippen LogP contribution in [0.2, 0.25) is 0 Å². The summed E-state index contributed by atoms with van der Waals surface area (Å²) in [7, 11) is 0. The standard InChI is InChI=1S/C22H31NO/c1-3-4-5-6-10-17-24-22-15-13-20(14-16-22)18-23-19(2)21-11-8-7-9-12-21/h7-9,11-16,19,23H,3-6,10,17-18H2,1-2H3. The Balaban J connectivity index is 1.68. The maximum atomic E-state index is 5.82. The Morgan fingerprint density at radius 2 is 1.58 bits per heavy atom. The molecule has 0 heterocycles. The van der Waals surface area contributed by atoms with Crippen LogP contribution in [0.25, 0.3) is 0 Å². The zero-order valence-electron chi connectivity index (χ0n) is 15.1. The molecular formula is C22H31NO. The molecule has 0 saturated carbocycles. The van der Waals surface area contributed by atoms with E-state index in [9.17, 15) is 0 Å². The number of hydrogen-bond acceptors (Lipinski definition) is 2. The van der Waals surface area contributed by atoms with Gasteiger partial charge in [0.2, 0.25) is 0 Å². The number of rotatable bonds is 11. The van der Waals surface area contributed by atoms with Crippen LogP contribution in [0.5, 0.6) is 5.75 Å². The molecule has 1 unspecified atom stereocenters. The molecule has 0 aliphatic carbocycles. The molecule has 2 rings (SSSR count). The fourth-order valence-corrected chi connectivity index (χ4v) is 2.73. The second-order valence-corrected chi connectivity index (χ2v) is 6.42. The van der Waals surface area contributed by atoms with E-state index in [2.05, 4.69) is 73.8 Å². The third kappa shape index (κ3) is 6.76. The molecule has 1 atom stereocenters. The minimum Gasteiger partial charge on any atom is -0.494 e. The second kappa shape index (κ2) is 10.9. The van der Waals surface area contributed by atoms with Crippen LogP contribution in [0.4, 0.5) is 0 Å². The maximum absolute atomic E-state index is 5.82. The minimum atomic E-state index is 0.352. The highest BCUT2D eigenvalue weighted by Crippen LogP contribution is 2.15. The monoisotopic (exact) mass is 325 g/mol. The van der Waals surface area contributed by atoms with E-state index in [1.807, 2.05) is 0 Å². The molecular weight excluding hydrogens is 294 g/mol. The zero-order chi connectivity index (χ0) is 17.0. The Morgan fingerprint density at radius 3 is 2.29 bits per heavy atom. The van der Waals surface area contributed by atoms with E-state index < -0.39 is 0 Å². The molecule has 0 saturated heterocycles. The summed E-state index contributed by atoms with van der Waals surface area (Å²) >= 11 is 0. The van der Waals surface area contributed by atoms with Crippen molar-refractivity contribution in [1.29, 1.82) is 0 Å². The van der Waals surface area contributed by atoms with Crippen molar-refractivity contribution in [2.45, 2.75) is 58.5 Å². The van der Waals surface area contributed by atoms with Crippen molar-refractivity contribution >= 4 is 0 Å². The molecule has 24 heavy (non-hydrogen) atoms. The number of ether oxygens (including phenoxy) is 1. The van der Waals surface area contributed by atoms with Gasteiger partial charge in [0, 0.05) is 12.6 Å². The van der Waals surface area contributed by atoms with E-state index in [0.29, 0.717) is 6.04 Å². The van der Waals surface area contributed by atoms with Crippen molar-refractivity contribution < 1.29 is 4.74 Å². The molecule has 2 aromatic rings. The summed E-state index contributed by atoms with van der Waals surface area (Å²) in [6, 6.07) is 19.4. The van der Waals surface area contributed by atoms with Crippen molar-refractivity contribution in [3.05, 3.63) is 65.7 Å². The summed E-state index contributed by atoms with van der Waals surface area (Å²) in [6.45, 7) is 6.14. The van der Waals surface area contributed by atoms with Crippen molar-refractivity contribution in [3.8, 4) is 5.75 Å². The Hall–Kier alpha value is -1.80. The summed E-state index contributed by atoms with van der Waals surface area (Å²) in [4.78, 5) is 0. The highest BCUT2D eigenvalue weighted by Gasteiger charge is 2.04. The van der Waals surface area contributed by atoms with E-state index >= 15 is 0 Å². The van der Waals surface area contributed by atoms with E-state index in [-0.39, 0.29) is 0 Å². The number of unbranched alkanes of at least 4 members (excludes halogenated alkanes) is 4. The van der Waals surface area contributed by atoms with Gasteiger partial charge in [0.15, 0.2) is 0 Å². The Kier molecular flexibility index (Phi) is 8.40. The van der Waals surface area contributed by atoms with Gasteiger partial charge in [-0.05, 0) is 36.6 Å². The van der Waals surface area contributed by atoms with Gasteiger partial charge in [-0.1, -0.05) is 75.1 Å². The van der Waals surface area contributed by atoms with Crippen LogP contribution in [0.1, 0.15) is 63.1 Å². The molecule has 0 amide bonds. The average molecular weight is 325 g/mol. The first-order valence-corrected chi connectivity index (χ1v) is 9.29. The Morgan fingerprint density at radius 1 is 0.875 bits per heavy atom. The molecule has 0 radical (unpaired) electrons. The van der Waals surface area contributed by atoms with Gasteiger partial charge >= 0.3 is 0 Å². The van der Waals surface area contributed by atoms with E-state index in [4.69, 9.17) is 4.74 Å². The van der Waals surface area contributed by atoms with E-state index in [1.165, 1.54) is 36.8 Å². The smallest absolute Gasteiger partial charge is 0.119 e. The normalized spacial score (nSPS) is 12.1. The second-order valence-electron chi connectivity index (χ2n) is 6.42. The molecule has 0 bridgehead atoms. The topological polar surface area (TPSA) is 21.3 Å². The van der Waals surface area contributed by atoms with Crippen LogP contribution >= 0.6 is 0 Å². The summed E-state index contributed by atoms with van der Waals surface area (Å²) in [5.74, 6) is 0.977. The predicted molar refractivity (Wildman–Crippen MR) is 102 cm³/mol. The SMILES string of the molecule is CCCCCCCOc1ccc(CNC(C)c2ccccc2)cc1. The van der Waals surface area contributed by atoms with E-state index in [1.54, 1.807) is 0 Å². The summed E-state index contributed by atoms with van der Waals surface area (Å²) in [5.41, 5.74) is 2.61. The molecule has 2 aromatic carbocycles. The van der Waals surface area contributed by atoms with Gasteiger partial charge in [-0.25, -0.2) is 0 Å². The fraction of sp³-hybridized carbons (Fsp3) is 0.455. The first-order valence-electron chi connectivity index (χ1n) is 9.29. The lowest BCUT2D eigenvalue weighted by molar-refractivity contribution is 0.304. The minimum absolute atomic E-state index is 0.352. The Labute approximate surface area is 147 Å². The maximum Gasteiger partial charge on any atom is 0.119 e. The lowest BCUT2D eigenvalue weighted by atomic mass is 10.1. The predicted octanol–water partition coefficient (Wildman–Crippen LogP) is 5.89. The number of benzene rings is 2. The highest BCUT2D eigenvalue weighted by molar-refractivity contribution is 5.27. The lowest BCUT2D eigenvalue weighted by Crippen LogP contribution is -2.17. The molecule has 2 nitrogen and oxygen atoms in total. The van der Waals surface area contributed by atoms with Crippen LogP contribution in [0.15, 0.2) is 54.6 Å². The molecule has 1 N–H and O–H groups in total. The van der Waals surface area contributed by atoms with Gasteiger partial charge in [-0.3, -0.25) is 0 Å². The summed E-state index contributed by atoms with van der Waals surface area (Å²) in [5, 5.41) is 3.57. The third-order valence-electron chi connectivity index (χ3n) is 4.35. The molecule has 0 spiro atoms. The van der Waals surface area contributed by atoms with Gasteiger partial charge in [-0.15, -0.1) is 0 Å². The zero-order valence-corrected chi connectivity index (χ0v) is 15.1. The van der Waals surface area contributed by atoms with Gasteiger partial charge in [0.05, 0.1) is 6.61 Å². The van der Waals surface area contributed by atoms with Crippen molar-refractivity contribution in [3.63, 3.8) is 0 Å². The highest BCUT2D eigenvalue weighted by atomic mass is 16.5. The van der Waals surface area contributed by atoms with Crippen LogP contribution < -0.4 is 10.1 Å². The lowest BCUT2D eigenvalue weighted by Gasteiger charge is -2.14. The Bertz CT molecular complexity index is 550. The average Bonchev–Trinajstić information content (AvgIpc) is 2.64. The van der Waals surface area contributed by atoms with Gasteiger partial charge in [0.25, 0.3) is 0 Å². The quantitative estimate of drug-likeness (QED) is 0.520. The summed E-state index contributed by atoms with van der Waals surface area (Å²) in [6.07, 6.45) is 6.37. The number of hydrogen-bond donors (Lipinski definition) is 1. The summed E-state index contributed by atoms with van der Waals surface area (Å²) < 4.78 is 5.82.